The van der Waals surface area contributed by atoms with Crippen LogP contribution in [0.2, 0.25) is 0 Å². The second-order valence-corrected chi connectivity index (χ2v) is 7.35. The molecule has 0 aliphatic rings. The highest BCUT2D eigenvalue weighted by Gasteiger charge is 2.41. The molecule has 1 unspecified atom stereocenters. The summed E-state index contributed by atoms with van der Waals surface area (Å²) in [6, 6.07) is 3.89. The molecule has 1 aromatic heterocycles. The Labute approximate surface area is 103 Å². The van der Waals surface area contributed by atoms with Crippen molar-refractivity contribution < 1.29 is 4.39 Å². The van der Waals surface area contributed by atoms with Crippen molar-refractivity contribution in [2.75, 3.05) is 6.54 Å². The third-order valence-corrected chi connectivity index (χ3v) is 4.37. The van der Waals surface area contributed by atoms with E-state index in [0.717, 1.165) is 8.66 Å². The third kappa shape index (κ3) is 3.02. The Hall–Kier alpha value is 0.0700. The zero-order valence-corrected chi connectivity index (χ0v) is 11.7. The minimum absolute atomic E-state index is 0.0615. The quantitative estimate of drug-likeness (QED) is 0.902. The van der Waals surface area contributed by atoms with E-state index >= 15 is 0 Å². The second-order valence-electron chi connectivity index (χ2n) is 4.80. The Morgan fingerprint density at radius 3 is 2.33 bits per heavy atom. The lowest BCUT2D eigenvalue weighted by molar-refractivity contribution is 0.0390. The van der Waals surface area contributed by atoms with E-state index in [-0.39, 0.29) is 6.54 Å². The SMILES string of the molecule is CC(C)(C)C(F)(CN)Cc1ccc(Br)s1. The molecule has 0 aliphatic carbocycles. The molecule has 0 aromatic carbocycles. The van der Waals surface area contributed by atoms with Gasteiger partial charge in [-0.3, -0.25) is 0 Å². The topological polar surface area (TPSA) is 26.0 Å². The van der Waals surface area contributed by atoms with Gasteiger partial charge < -0.3 is 5.73 Å². The summed E-state index contributed by atoms with van der Waals surface area (Å²) in [5.41, 5.74) is 3.80. The predicted molar refractivity (Wildman–Crippen MR) is 68.1 cm³/mol. The lowest BCUT2D eigenvalue weighted by atomic mass is 9.75. The summed E-state index contributed by atoms with van der Waals surface area (Å²) in [4.78, 5) is 1.03. The minimum atomic E-state index is -1.34. The highest BCUT2D eigenvalue weighted by molar-refractivity contribution is 9.11. The first-order chi connectivity index (χ1) is 6.78. The summed E-state index contributed by atoms with van der Waals surface area (Å²) in [7, 11) is 0. The van der Waals surface area contributed by atoms with Crippen molar-refractivity contribution in [3.05, 3.63) is 20.8 Å². The van der Waals surface area contributed by atoms with Gasteiger partial charge in [0.1, 0.15) is 5.67 Å². The van der Waals surface area contributed by atoms with Gasteiger partial charge in [-0.05, 0) is 33.5 Å². The van der Waals surface area contributed by atoms with Crippen LogP contribution in [-0.2, 0) is 6.42 Å². The molecule has 0 saturated carbocycles. The molecule has 1 rings (SSSR count). The van der Waals surface area contributed by atoms with Crippen molar-refractivity contribution in [1.82, 2.24) is 0 Å². The standard InChI is InChI=1S/C11H17BrFNS/c1-10(2,3)11(13,7-14)6-8-4-5-9(12)15-8/h4-5H,6-7,14H2,1-3H3. The van der Waals surface area contributed by atoms with Crippen LogP contribution in [0, 0.1) is 5.41 Å². The van der Waals surface area contributed by atoms with Crippen LogP contribution in [0.15, 0.2) is 15.9 Å². The molecule has 1 aromatic rings. The maximum atomic E-state index is 14.6. The van der Waals surface area contributed by atoms with E-state index in [1.54, 1.807) is 11.3 Å². The van der Waals surface area contributed by atoms with Crippen LogP contribution in [0.3, 0.4) is 0 Å². The zero-order chi connectivity index (χ0) is 11.7. The molecule has 86 valence electrons. The van der Waals surface area contributed by atoms with Gasteiger partial charge in [0.15, 0.2) is 0 Å². The molecular weight excluding hydrogens is 277 g/mol. The molecule has 0 aliphatic heterocycles. The molecule has 0 saturated heterocycles. The molecular formula is C11H17BrFNS. The summed E-state index contributed by atoms with van der Waals surface area (Å²) in [6.07, 6.45) is 0.392. The molecule has 0 amide bonds. The van der Waals surface area contributed by atoms with Crippen LogP contribution >= 0.6 is 27.3 Å². The molecule has 0 spiro atoms. The lowest BCUT2D eigenvalue weighted by Crippen LogP contribution is -2.46. The minimum Gasteiger partial charge on any atom is -0.327 e. The largest absolute Gasteiger partial charge is 0.327 e. The van der Waals surface area contributed by atoms with Gasteiger partial charge in [-0.15, -0.1) is 11.3 Å². The summed E-state index contributed by atoms with van der Waals surface area (Å²) in [5.74, 6) is 0. The van der Waals surface area contributed by atoms with Gasteiger partial charge in [-0.25, -0.2) is 4.39 Å². The Kier molecular flexibility index (Phi) is 3.95. The maximum Gasteiger partial charge on any atom is 0.132 e. The summed E-state index contributed by atoms with van der Waals surface area (Å²) >= 11 is 4.94. The van der Waals surface area contributed by atoms with Crippen LogP contribution in [0.1, 0.15) is 25.6 Å². The van der Waals surface area contributed by atoms with Gasteiger partial charge in [-0.2, -0.15) is 0 Å². The average Bonchev–Trinajstić information content (AvgIpc) is 2.49. The van der Waals surface area contributed by atoms with Gasteiger partial charge >= 0.3 is 0 Å². The van der Waals surface area contributed by atoms with Crippen LogP contribution in [-0.4, -0.2) is 12.2 Å². The van der Waals surface area contributed by atoms with Gasteiger partial charge in [-0.1, -0.05) is 20.8 Å². The zero-order valence-electron chi connectivity index (χ0n) is 9.31. The Morgan fingerprint density at radius 1 is 1.40 bits per heavy atom. The van der Waals surface area contributed by atoms with Crippen molar-refractivity contribution in [3.8, 4) is 0 Å². The highest BCUT2D eigenvalue weighted by atomic mass is 79.9. The van der Waals surface area contributed by atoms with E-state index in [4.69, 9.17) is 5.73 Å². The van der Waals surface area contributed by atoms with Gasteiger partial charge in [0.2, 0.25) is 0 Å². The fourth-order valence-corrected chi connectivity index (χ4v) is 2.95. The van der Waals surface area contributed by atoms with E-state index in [2.05, 4.69) is 15.9 Å². The van der Waals surface area contributed by atoms with Crippen LogP contribution in [0.4, 0.5) is 4.39 Å². The lowest BCUT2D eigenvalue weighted by Gasteiger charge is -2.36. The first-order valence-electron chi connectivity index (χ1n) is 4.92. The molecule has 1 nitrogen and oxygen atoms in total. The van der Waals surface area contributed by atoms with E-state index in [1.807, 2.05) is 32.9 Å². The number of hydrogen-bond acceptors (Lipinski definition) is 2. The monoisotopic (exact) mass is 293 g/mol. The Bertz CT molecular complexity index is 332. The molecule has 0 radical (unpaired) electrons. The van der Waals surface area contributed by atoms with Gasteiger partial charge in [0.25, 0.3) is 0 Å². The summed E-state index contributed by atoms with van der Waals surface area (Å²) in [5, 5.41) is 0. The summed E-state index contributed by atoms with van der Waals surface area (Å²) in [6.45, 7) is 5.74. The summed E-state index contributed by atoms with van der Waals surface area (Å²) < 4.78 is 15.6. The van der Waals surface area contributed by atoms with Crippen molar-refractivity contribution in [2.45, 2.75) is 32.9 Å². The molecule has 0 fully saturated rings. The van der Waals surface area contributed by atoms with E-state index in [1.165, 1.54) is 0 Å². The number of hydrogen-bond donors (Lipinski definition) is 1. The second kappa shape index (κ2) is 4.52. The number of rotatable bonds is 3. The Balaban J connectivity index is 2.86. The molecule has 1 heterocycles. The third-order valence-electron chi connectivity index (χ3n) is 2.75. The van der Waals surface area contributed by atoms with Crippen molar-refractivity contribution in [1.29, 1.82) is 0 Å². The average molecular weight is 294 g/mol. The van der Waals surface area contributed by atoms with Crippen molar-refractivity contribution in [2.24, 2.45) is 11.1 Å². The first-order valence-corrected chi connectivity index (χ1v) is 6.53. The molecule has 4 heteroatoms. The van der Waals surface area contributed by atoms with Crippen LogP contribution < -0.4 is 5.73 Å². The van der Waals surface area contributed by atoms with E-state index in [9.17, 15) is 4.39 Å². The van der Waals surface area contributed by atoms with E-state index in [0.29, 0.717) is 6.42 Å². The Morgan fingerprint density at radius 2 is 2.00 bits per heavy atom. The maximum absolute atomic E-state index is 14.6. The number of thiophene rings is 1. The van der Waals surface area contributed by atoms with Crippen molar-refractivity contribution >= 4 is 27.3 Å². The van der Waals surface area contributed by atoms with Crippen LogP contribution in [0.25, 0.3) is 0 Å². The molecule has 15 heavy (non-hydrogen) atoms. The van der Waals surface area contributed by atoms with Gasteiger partial charge in [0.05, 0.1) is 3.79 Å². The number of halogens is 2. The number of alkyl halides is 1. The molecule has 0 bridgehead atoms. The number of nitrogens with two attached hydrogens (primary N) is 1. The fraction of sp³-hybridized carbons (Fsp3) is 0.636. The van der Waals surface area contributed by atoms with Crippen LogP contribution in [0.5, 0.6) is 0 Å². The normalized spacial score (nSPS) is 16.4. The smallest absolute Gasteiger partial charge is 0.132 e. The van der Waals surface area contributed by atoms with Crippen molar-refractivity contribution in [3.63, 3.8) is 0 Å². The van der Waals surface area contributed by atoms with Gasteiger partial charge in [0, 0.05) is 17.8 Å². The molecule has 1 atom stereocenters. The fourth-order valence-electron chi connectivity index (χ4n) is 1.37. The first kappa shape index (κ1) is 13.1. The van der Waals surface area contributed by atoms with E-state index < -0.39 is 11.1 Å². The molecule has 2 N–H and O–H groups in total. The predicted octanol–water partition coefficient (Wildman–Crippen LogP) is 3.77. The highest BCUT2D eigenvalue weighted by Crippen LogP contribution is 2.38.